The summed E-state index contributed by atoms with van der Waals surface area (Å²) in [6.45, 7) is 4.73. The molecule has 1 fully saturated rings. The molecule has 1 aromatic rings. The molecule has 1 atom stereocenters. The number of anilines is 1. The third-order valence-corrected chi connectivity index (χ3v) is 3.16. The maximum atomic E-state index is 5.79. The summed E-state index contributed by atoms with van der Waals surface area (Å²) in [5.74, 6) is 1.11. The monoisotopic (exact) mass is 273 g/mol. The van der Waals surface area contributed by atoms with Crippen LogP contribution in [0.4, 0.5) is 6.01 Å². The summed E-state index contributed by atoms with van der Waals surface area (Å²) >= 11 is 5.65. The van der Waals surface area contributed by atoms with E-state index < -0.39 is 0 Å². The van der Waals surface area contributed by atoms with Gasteiger partial charge in [-0.05, 0) is 19.3 Å². The summed E-state index contributed by atoms with van der Waals surface area (Å²) in [4.78, 5) is 2.11. The van der Waals surface area contributed by atoms with Gasteiger partial charge in [-0.2, -0.15) is 0 Å². The van der Waals surface area contributed by atoms with Gasteiger partial charge in [0.25, 0.3) is 0 Å². The molecule has 6 heteroatoms. The molecule has 1 aliphatic heterocycles. The molecule has 0 N–H and O–H groups in total. The Hall–Kier alpha value is -0.810. The van der Waals surface area contributed by atoms with Gasteiger partial charge in [0.05, 0.1) is 6.10 Å². The fraction of sp³-hybridized carbons (Fsp3) is 0.833. The van der Waals surface area contributed by atoms with E-state index in [1.165, 1.54) is 0 Å². The van der Waals surface area contributed by atoms with Crippen molar-refractivity contribution in [1.29, 1.82) is 0 Å². The molecule has 18 heavy (non-hydrogen) atoms. The van der Waals surface area contributed by atoms with E-state index in [-0.39, 0.29) is 6.10 Å². The van der Waals surface area contributed by atoms with E-state index in [9.17, 15) is 0 Å². The van der Waals surface area contributed by atoms with Gasteiger partial charge in [-0.3, -0.25) is 0 Å². The number of nitrogens with zero attached hydrogens (tertiary/aromatic N) is 3. The first kappa shape index (κ1) is 13.6. The Bertz CT molecular complexity index is 359. The fourth-order valence-corrected chi connectivity index (χ4v) is 2.25. The smallest absolute Gasteiger partial charge is 0.318 e. The number of rotatable bonds is 6. The van der Waals surface area contributed by atoms with Crippen LogP contribution in [0.5, 0.6) is 0 Å². The second-order valence-electron chi connectivity index (χ2n) is 4.50. The lowest BCUT2D eigenvalue weighted by Gasteiger charge is -2.31. The third kappa shape index (κ3) is 3.59. The minimum atomic E-state index is 0.280. The number of aryl methyl sites for hydroxylation is 1. The second kappa shape index (κ2) is 6.95. The first-order valence-corrected chi connectivity index (χ1v) is 7.11. The van der Waals surface area contributed by atoms with Gasteiger partial charge in [0, 0.05) is 32.0 Å². The lowest BCUT2D eigenvalue weighted by Crippen LogP contribution is -2.40. The lowest BCUT2D eigenvalue weighted by atomic mass is 10.1. The maximum Gasteiger partial charge on any atom is 0.318 e. The van der Waals surface area contributed by atoms with E-state index in [2.05, 4.69) is 22.0 Å². The van der Waals surface area contributed by atoms with Crippen molar-refractivity contribution in [2.45, 2.75) is 38.7 Å². The van der Waals surface area contributed by atoms with Crippen LogP contribution >= 0.6 is 11.6 Å². The van der Waals surface area contributed by atoms with Crippen molar-refractivity contribution in [1.82, 2.24) is 10.2 Å². The van der Waals surface area contributed by atoms with Crippen LogP contribution < -0.4 is 4.90 Å². The average Bonchev–Trinajstić information content (AvgIpc) is 2.86. The molecule has 0 amide bonds. The molecule has 2 heterocycles. The van der Waals surface area contributed by atoms with Gasteiger partial charge in [0.2, 0.25) is 5.89 Å². The molecule has 0 spiro atoms. The number of alkyl halides is 1. The van der Waals surface area contributed by atoms with E-state index in [0.717, 1.165) is 39.0 Å². The highest BCUT2D eigenvalue weighted by Gasteiger charge is 2.23. The predicted molar refractivity (Wildman–Crippen MR) is 70.2 cm³/mol. The van der Waals surface area contributed by atoms with Gasteiger partial charge in [-0.15, -0.1) is 16.7 Å². The highest BCUT2D eigenvalue weighted by molar-refractivity contribution is 6.17. The molecule has 0 radical (unpaired) electrons. The predicted octanol–water partition coefficient (Wildman–Crippen LogP) is 2.25. The molecule has 1 aliphatic rings. The van der Waals surface area contributed by atoms with Crippen LogP contribution in [0.3, 0.4) is 0 Å². The van der Waals surface area contributed by atoms with Gasteiger partial charge in [-0.1, -0.05) is 12.0 Å². The Morgan fingerprint density at radius 2 is 2.39 bits per heavy atom. The quantitative estimate of drug-likeness (QED) is 0.744. The first-order chi connectivity index (χ1) is 8.83. The van der Waals surface area contributed by atoms with E-state index in [1.54, 1.807) is 0 Å². The second-order valence-corrected chi connectivity index (χ2v) is 4.88. The molecule has 0 aromatic carbocycles. The average molecular weight is 274 g/mol. The number of aromatic nitrogens is 2. The zero-order valence-electron chi connectivity index (χ0n) is 10.8. The first-order valence-electron chi connectivity index (χ1n) is 6.58. The van der Waals surface area contributed by atoms with Gasteiger partial charge in [0.15, 0.2) is 0 Å². The van der Waals surface area contributed by atoms with Gasteiger partial charge in [0.1, 0.15) is 0 Å². The summed E-state index contributed by atoms with van der Waals surface area (Å²) in [5, 5.41) is 8.05. The summed E-state index contributed by atoms with van der Waals surface area (Å²) in [5.41, 5.74) is 0. The van der Waals surface area contributed by atoms with Crippen molar-refractivity contribution in [3.05, 3.63) is 5.89 Å². The van der Waals surface area contributed by atoms with Crippen LogP contribution in [-0.2, 0) is 11.2 Å². The van der Waals surface area contributed by atoms with Crippen LogP contribution in [-0.4, -0.2) is 41.9 Å². The van der Waals surface area contributed by atoms with Crippen molar-refractivity contribution >= 4 is 17.6 Å². The number of halogens is 1. The molecule has 0 saturated carbocycles. The molecule has 1 aromatic heterocycles. The molecule has 0 aliphatic carbocycles. The van der Waals surface area contributed by atoms with E-state index >= 15 is 0 Å². The van der Waals surface area contributed by atoms with Crippen molar-refractivity contribution in [3.63, 3.8) is 0 Å². The van der Waals surface area contributed by atoms with Crippen molar-refractivity contribution in [2.24, 2.45) is 0 Å². The normalized spacial score (nSPS) is 20.3. The Labute approximate surface area is 112 Å². The number of piperidine rings is 1. The topological polar surface area (TPSA) is 51.4 Å². The number of ether oxygens (including phenoxy) is 1. The largest absolute Gasteiger partial charge is 0.408 e. The molecule has 1 unspecified atom stereocenters. The zero-order chi connectivity index (χ0) is 12.8. The van der Waals surface area contributed by atoms with Crippen LogP contribution in [0.1, 0.15) is 32.1 Å². The molecule has 0 bridgehead atoms. The SMILES string of the molecule is CCCOC1CCCN(c2nnc(CCCl)o2)C1. The lowest BCUT2D eigenvalue weighted by molar-refractivity contribution is 0.0430. The standard InChI is InChI=1S/C12H20ClN3O2/c1-2-8-17-10-4-3-7-16(9-10)12-15-14-11(18-12)5-6-13/h10H,2-9H2,1H3. The summed E-state index contributed by atoms with van der Waals surface area (Å²) in [6, 6.07) is 0.597. The third-order valence-electron chi connectivity index (χ3n) is 2.97. The van der Waals surface area contributed by atoms with Crippen LogP contribution in [0.25, 0.3) is 0 Å². The Kier molecular flexibility index (Phi) is 5.26. The summed E-state index contributed by atoms with van der Waals surface area (Å²) in [6.07, 6.45) is 4.16. The minimum Gasteiger partial charge on any atom is -0.408 e. The fourth-order valence-electron chi connectivity index (χ4n) is 2.09. The molecule has 5 nitrogen and oxygen atoms in total. The summed E-state index contributed by atoms with van der Waals surface area (Å²) < 4.78 is 11.4. The Morgan fingerprint density at radius 3 is 3.17 bits per heavy atom. The molecule has 2 rings (SSSR count). The van der Waals surface area contributed by atoms with Gasteiger partial charge in [-0.25, -0.2) is 0 Å². The maximum absolute atomic E-state index is 5.79. The van der Waals surface area contributed by atoms with Crippen LogP contribution in [0, 0.1) is 0 Å². The molecule has 102 valence electrons. The minimum absolute atomic E-state index is 0.280. The van der Waals surface area contributed by atoms with E-state index in [0.29, 0.717) is 24.2 Å². The molecular formula is C12H20ClN3O2. The van der Waals surface area contributed by atoms with Crippen LogP contribution in [0.2, 0.25) is 0 Å². The summed E-state index contributed by atoms with van der Waals surface area (Å²) in [7, 11) is 0. The van der Waals surface area contributed by atoms with Crippen molar-refractivity contribution < 1.29 is 9.15 Å². The highest BCUT2D eigenvalue weighted by Crippen LogP contribution is 2.20. The Balaban J connectivity index is 1.90. The Morgan fingerprint density at radius 1 is 1.50 bits per heavy atom. The highest BCUT2D eigenvalue weighted by atomic mass is 35.5. The van der Waals surface area contributed by atoms with Crippen molar-refractivity contribution in [2.75, 3.05) is 30.5 Å². The van der Waals surface area contributed by atoms with E-state index in [4.69, 9.17) is 20.8 Å². The molecule has 1 saturated heterocycles. The van der Waals surface area contributed by atoms with Gasteiger partial charge >= 0.3 is 6.01 Å². The zero-order valence-corrected chi connectivity index (χ0v) is 11.5. The number of hydrogen-bond acceptors (Lipinski definition) is 5. The molecular weight excluding hydrogens is 254 g/mol. The van der Waals surface area contributed by atoms with Gasteiger partial charge < -0.3 is 14.1 Å². The number of hydrogen-bond donors (Lipinski definition) is 0. The van der Waals surface area contributed by atoms with Crippen LogP contribution in [0.15, 0.2) is 4.42 Å². The van der Waals surface area contributed by atoms with Crippen molar-refractivity contribution in [3.8, 4) is 0 Å². The van der Waals surface area contributed by atoms with E-state index in [1.807, 2.05) is 0 Å².